The van der Waals surface area contributed by atoms with Gasteiger partial charge in [-0.1, -0.05) is 29.8 Å². The molecule has 0 radical (unpaired) electrons. The molecule has 1 aromatic carbocycles. The number of nitrogens with zero attached hydrogens (tertiary/aromatic N) is 4. The van der Waals surface area contributed by atoms with Gasteiger partial charge in [-0.2, -0.15) is 18.3 Å². The number of halogens is 3. The minimum atomic E-state index is -4.67. The number of carbonyl (C=O) groups excluding carboxylic acids is 1. The van der Waals surface area contributed by atoms with Gasteiger partial charge in [0.25, 0.3) is 0 Å². The van der Waals surface area contributed by atoms with E-state index in [4.69, 9.17) is 4.74 Å². The molecule has 0 saturated carbocycles. The zero-order chi connectivity index (χ0) is 22.2. The Morgan fingerprint density at radius 2 is 2.00 bits per heavy atom. The second-order valence-electron chi connectivity index (χ2n) is 8.05. The number of hydrogen-bond donors (Lipinski definition) is 0. The van der Waals surface area contributed by atoms with E-state index in [9.17, 15) is 18.0 Å². The summed E-state index contributed by atoms with van der Waals surface area (Å²) in [5, 5.41) is 3.79. The number of benzene rings is 1. The van der Waals surface area contributed by atoms with E-state index < -0.39 is 17.8 Å². The molecule has 0 bridgehead atoms. The van der Waals surface area contributed by atoms with Crippen LogP contribution in [0.15, 0.2) is 36.5 Å². The lowest BCUT2D eigenvalue weighted by molar-refractivity contribution is -0.142. The zero-order valence-corrected chi connectivity index (χ0v) is 17.3. The number of aryl methyl sites for hydroxylation is 1. The van der Waals surface area contributed by atoms with E-state index in [1.54, 1.807) is 24.3 Å². The molecule has 2 aromatic heterocycles. The number of ether oxygens (including phenoxy) is 1. The first-order valence-electron chi connectivity index (χ1n) is 10.1. The molecule has 164 valence electrons. The molecule has 3 aromatic rings. The molecule has 1 atom stereocenters. The van der Waals surface area contributed by atoms with Gasteiger partial charge >= 0.3 is 12.1 Å². The van der Waals surface area contributed by atoms with Gasteiger partial charge in [-0.05, 0) is 39.4 Å². The molecule has 9 heteroatoms. The van der Waals surface area contributed by atoms with Crippen molar-refractivity contribution in [2.45, 2.75) is 25.9 Å². The molecular formula is C22H23F3N4O2. The van der Waals surface area contributed by atoms with Crippen molar-refractivity contribution in [3.05, 3.63) is 53.3 Å². The molecule has 1 aliphatic rings. The van der Waals surface area contributed by atoms with Crippen molar-refractivity contribution >= 4 is 11.6 Å². The standard InChI is InChI=1S/C22H23F3N4O2/c1-14-5-7-16(8-6-14)18-10-19(22(23,24)25)29-20(27-18)17(11-26-29)21(30)31-13-15-4-3-9-28(2)12-15/h5-8,10-11,15H,3-4,9,12-13H2,1-2H3/t15-/m0/s1. The Bertz CT molecular complexity index is 1090. The molecule has 1 saturated heterocycles. The van der Waals surface area contributed by atoms with Crippen molar-refractivity contribution in [2.75, 3.05) is 26.7 Å². The van der Waals surface area contributed by atoms with Gasteiger partial charge in [0.1, 0.15) is 5.56 Å². The number of alkyl halides is 3. The molecule has 4 rings (SSSR count). The number of esters is 1. The van der Waals surface area contributed by atoms with Crippen molar-refractivity contribution in [2.24, 2.45) is 5.92 Å². The number of hydrogen-bond acceptors (Lipinski definition) is 5. The molecule has 3 heterocycles. The van der Waals surface area contributed by atoms with Crippen LogP contribution in [0.25, 0.3) is 16.9 Å². The predicted molar refractivity (Wildman–Crippen MR) is 109 cm³/mol. The number of likely N-dealkylation sites (tertiary alicyclic amines) is 1. The molecular weight excluding hydrogens is 409 g/mol. The normalized spacial score (nSPS) is 17.8. The lowest BCUT2D eigenvalue weighted by atomic mass is 10.00. The van der Waals surface area contributed by atoms with Crippen LogP contribution >= 0.6 is 0 Å². The van der Waals surface area contributed by atoms with Gasteiger partial charge in [-0.15, -0.1) is 0 Å². The Morgan fingerprint density at radius 1 is 1.26 bits per heavy atom. The summed E-state index contributed by atoms with van der Waals surface area (Å²) in [4.78, 5) is 19.2. The highest BCUT2D eigenvalue weighted by molar-refractivity contribution is 5.96. The first-order chi connectivity index (χ1) is 14.7. The summed E-state index contributed by atoms with van der Waals surface area (Å²) in [5.41, 5.74) is 0.358. The van der Waals surface area contributed by atoms with Crippen molar-refractivity contribution in [3.63, 3.8) is 0 Å². The van der Waals surface area contributed by atoms with Gasteiger partial charge in [0, 0.05) is 18.0 Å². The summed E-state index contributed by atoms with van der Waals surface area (Å²) < 4.78 is 47.2. The third-order valence-corrected chi connectivity index (χ3v) is 5.50. The summed E-state index contributed by atoms with van der Waals surface area (Å²) in [5.74, 6) is -0.517. The minimum Gasteiger partial charge on any atom is -0.462 e. The van der Waals surface area contributed by atoms with Gasteiger partial charge in [0.2, 0.25) is 0 Å². The maximum absolute atomic E-state index is 13.7. The summed E-state index contributed by atoms with van der Waals surface area (Å²) >= 11 is 0. The van der Waals surface area contributed by atoms with E-state index in [2.05, 4.69) is 15.0 Å². The highest BCUT2D eigenvalue weighted by Crippen LogP contribution is 2.33. The Hall–Kier alpha value is -2.94. The van der Waals surface area contributed by atoms with Crippen molar-refractivity contribution in [1.29, 1.82) is 0 Å². The lowest BCUT2D eigenvalue weighted by Gasteiger charge is -2.29. The third-order valence-electron chi connectivity index (χ3n) is 5.50. The average molecular weight is 432 g/mol. The number of carbonyl (C=O) groups is 1. The molecule has 0 amide bonds. The first kappa shape index (κ1) is 21.3. The van der Waals surface area contributed by atoms with Crippen molar-refractivity contribution < 1.29 is 22.7 Å². The largest absolute Gasteiger partial charge is 0.462 e. The van der Waals surface area contributed by atoms with E-state index >= 15 is 0 Å². The van der Waals surface area contributed by atoms with Crippen LogP contribution < -0.4 is 0 Å². The number of rotatable bonds is 4. The Labute approximate surface area is 177 Å². The average Bonchev–Trinajstić information content (AvgIpc) is 3.15. The maximum atomic E-state index is 13.7. The summed E-state index contributed by atoms with van der Waals surface area (Å²) in [6.07, 6.45) is -1.61. The summed E-state index contributed by atoms with van der Waals surface area (Å²) in [6, 6.07) is 7.92. The third kappa shape index (κ3) is 4.56. The van der Waals surface area contributed by atoms with Crippen LogP contribution in [-0.2, 0) is 10.9 Å². The molecule has 1 fully saturated rings. The molecule has 1 aliphatic heterocycles. The van der Waals surface area contributed by atoms with E-state index in [-0.39, 0.29) is 29.4 Å². The van der Waals surface area contributed by atoms with Crippen LogP contribution in [-0.4, -0.2) is 52.2 Å². The summed E-state index contributed by atoms with van der Waals surface area (Å²) in [6.45, 7) is 3.92. The Kier molecular flexibility index (Phi) is 5.70. The van der Waals surface area contributed by atoms with E-state index in [0.29, 0.717) is 10.1 Å². The smallest absolute Gasteiger partial charge is 0.433 e. The molecule has 31 heavy (non-hydrogen) atoms. The first-order valence-corrected chi connectivity index (χ1v) is 10.1. The van der Waals surface area contributed by atoms with E-state index in [1.807, 2.05) is 14.0 Å². The molecule has 0 aliphatic carbocycles. The summed E-state index contributed by atoms with van der Waals surface area (Å²) in [7, 11) is 2.01. The molecule has 6 nitrogen and oxygen atoms in total. The van der Waals surface area contributed by atoms with Gasteiger partial charge in [-0.3, -0.25) is 0 Å². The van der Waals surface area contributed by atoms with Crippen molar-refractivity contribution in [1.82, 2.24) is 19.5 Å². The van der Waals surface area contributed by atoms with Crippen LogP contribution in [0.3, 0.4) is 0 Å². The van der Waals surface area contributed by atoms with E-state index in [1.165, 1.54) is 0 Å². The predicted octanol–water partition coefficient (Wildman–Crippen LogP) is 4.22. The monoisotopic (exact) mass is 432 g/mol. The van der Waals surface area contributed by atoms with Crippen LogP contribution in [0.2, 0.25) is 0 Å². The Balaban J connectivity index is 1.68. The highest BCUT2D eigenvalue weighted by Gasteiger charge is 2.36. The van der Waals surface area contributed by atoms with Gasteiger partial charge in [0.05, 0.1) is 18.5 Å². The fourth-order valence-electron chi connectivity index (χ4n) is 3.86. The van der Waals surface area contributed by atoms with E-state index in [0.717, 1.165) is 43.8 Å². The zero-order valence-electron chi connectivity index (χ0n) is 17.3. The molecule has 0 spiro atoms. The molecule has 0 unspecified atom stereocenters. The van der Waals surface area contributed by atoms with Gasteiger partial charge in [-0.25, -0.2) is 14.3 Å². The topological polar surface area (TPSA) is 59.7 Å². The fraction of sp³-hybridized carbons (Fsp3) is 0.409. The fourth-order valence-corrected chi connectivity index (χ4v) is 3.86. The SMILES string of the molecule is Cc1ccc(-c2cc(C(F)(F)F)n3ncc(C(=O)OC[C@H]4CCCN(C)C4)c3n2)cc1. The molecule has 0 N–H and O–H groups in total. The number of piperidine rings is 1. The van der Waals surface area contributed by atoms with Crippen LogP contribution in [0, 0.1) is 12.8 Å². The number of aromatic nitrogens is 3. The minimum absolute atomic E-state index is 0.0800. The highest BCUT2D eigenvalue weighted by atomic mass is 19.4. The second kappa shape index (κ2) is 8.30. The van der Waals surface area contributed by atoms with Crippen LogP contribution in [0.1, 0.15) is 34.5 Å². The van der Waals surface area contributed by atoms with Gasteiger partial charge < -0.3 is 9.64 Å². The quantitative estimate of drug-likeness (QED) is 0.578. The number of fused-ring (bicyclic) bond motifs is 1. The van der Waals surface area contributed by atoms with Gasteiger partial charge in [0.15, 0.2) is 11.3 Å². The maximum Gasteiger partial charge on any atom is 0.433 e. The van der Waals surface area contributed by atoms with Crippen LogP contribution in [0.5, 0.6) is 0 Å². The van der Waals surface area contributed by atoms with Crippen molar-refractivity contribution in [3.8, 4) is 11.3 Å². The Morgan fingerprint density at radius 3 is 2.68 bits per heavy atom. The second-order valence-corrected chi connectivity index (χ2v) is 8.05. The lowest BCUT2D eigenvalue weighted by Crippen LogP contribution is -2.34. The van der Waals surface area contributed by atoms with Crippen LogP contribution in [0.4, 0.5) is 13.2 Å².